The van der Waals surface area contributed by atoms with Gasteiger partial charge in [-0.05, 0) is 12.8 Å². The van der Waals surface area contributed by atoms with E-state index in [4.69, 9.17) is 0 Å². The van der Waals surface area contributed by atoms with Gasteiger partial charge in [-0.2, -0.15) is 0 Å². The van der Waals surface area contributed by atoms with Gasteiger partial charge in [-0.3, -0.25) is 4.90 Å². The minimum absolute atomic E-state index is 0.512. The first-order valence-electron chi connectivity index (χ1n) is 3.24. The summed E-state index contributed by atoms with van der Waals surface area (Å²) in [6.07, 6.45) is 1.53. The van der Waals surface area contributed by atoms with E-state index in [0.717, 1.165) is 13.0 Å². The lowest BCUT2D eigenvalue weighted by Gasteiger charge is -2.33. The van der Waals surface area contributed by atoms with Gasteiger partial charge in [-0.1, -0.05) is 0 Å². The summed E-state index contributed by atoms with van der Waals surface area (Å²) in [5, 5.41) is 0. The molecule has 0 aromatic carbocycles. The van der Waals surface area contributed by atoms with Crippen LogP contribution in [0.2, 0.25) is 0 Å². The Morgan fingerprint density at radius 2 is 2.38 bits per heavy atom. The van der Waals surface area contributed by atoms with Gasteiger partial charge in [0.25, 0.3) is 0 Å². The van der Waals surface area contributed by atoms with Crippen LogP contribution in [0, 0.1) is 0 Å². The Bertz CT molecular complexity index is 92.7. The Morgan fingerprint density at radius 3 is 2.62 bits per heavy atom. The fourth-order valence-corrected chi connectivity index (χ4v) is 1.63. The molecule has 8 heavy (non-hydrogen) atoms. The van der Waals surface area contributed by atoms with E-state index in [1.54, 1.807) is 0 Å². The first kappa shape index (κ1) is 4.74. The lowest BCUT2D eigenvalue weighted by molar-refractivity contribution is 0.139. The summed E-state index contributed by atoms with van der Waals surface area (Å²) in [6, 6.07) is 0.630. The Morgan fingerprint density at radius 1 is 1.50 bits per heavy atom. The van der Waals surface area contributed by atoms with Crippen LogP contribution in [0.5, 0.6) is 0 Å². The molecule has 1 unspecified atom stereocenters. The maximum atomic E-state index is 12.4. The standard InChI is InChI=1S/C6H10FN/c7-5-3-6-1-2-8(6)4-5/h5-6H,1-4H2/t5-,6?/m1/s1. The van der Waals surface area contributed by atoms with Gasteiger partial charge in [0.15, 0.2) is 0 Å². The maximum Gasteiger partial charge on any atom is 0.114 e. The molecule has 0 aromatic rings. The summed E-state index contributed by atoms with van der Waals surface area (Å²) >= 11 is 0. The molecule has 0 amide bonds. The highest BCUT2D eigenvalue weighted by Gasteiger charge is 2.37. The van der Waals surface area contributed by atoms with Crippen molar-refractivity contribution in [3.63, 3.8) is 0 Å². The van der Waals surface area contributed by atoms with Crippen molar-refractivity contribution in [1.29, 1.82) is 0 Å². The molecular formula is C6H10FN. The molecular weight excluding hydrogens is 105 g/mol. The third-order valence-electron chi connectivity index (χ3n) is 2.23. The highest BCUT2D eigenvalue weighted by Crippen LogP contribution is 2.29. The van der Waals surface area contributed by atoms with Crippen LogP contribution >= 0.6 is 0 Å². The summed E-state index contributed by atoms with van der Waals surface area (Å²) in [7, 11) is 0. The molecule has 0 aromatic heterocycles. The molecule has 0 aliphatic carbocycles. The topological polar surface area (TPSA) is 3.24 Å². The molecule has 0 N–H and O–H groups in total. The Hall–Kier alpha value is -0.110. The molecule has 46 valence electrons. The van der Waals surface area contributed by atoms with Crippen LogP contribution < -0.4 is 0 Å². The van der Waals surface area contributed by atoms with Crippen molar-refractivity contribution in [1.82, 2.24) is 4.90 Å². The monoisotopic (exact) mass is 115 g/mol. The predicted octanol–water partition coefficient (Wildman–Crippen LogP) is 0.802. The molecule has 2 saturated heterocycles. The van der Waals surface area contributed by atoms with Gasteiger partial charge in [-0.25, -0.2) is 4.39 Å². The average Bonchev–Trinajstić information content (AvgIpc) is 1.91. The van der Waals surface area contributed by atoms with E-state index in [-0.39, 0.29) is 0 Å². The highest BCUT2D eigenvalue weighted by atomic mass is 19.1. The predicted molar refractivity (Wildman–Crippen MR) is 29.5 cm³/mol. The van der Waals surface area contributed by atoms with Crippen LogP contribution in [0.3, 0.4) is 0 Å². The van der Waals surface area contributed by atoms with E-state index in [9.17, 15) is 4.39 Å². The molecule has 2 heterocycles. The van der Waals surface area contributed by atoms with Gasteiger partial charge in [0.1, 0.15) is 6.17 Å². The fourth-order valence-electron chi connectivity index (χ4n) is 1.63. The quantitative estimate of drug-likeness (QED) is 0.451. The number of halogens is 1. The van der Waals surface area contributed by atoms with E-state index in [1.807, 2.05) is 0 Å². The van der Waals surface area contributed by atoms with Gasteiger partial charge in [0.05, 0.1) is 0 Å². The van der Waals surface area contributed by atoms with Crippen LogP contribution in [-0.2, 0) is 0 Å². The third-order valence-corrected chi connectivity index (χ3v) is 2.23. The Labute approximate surface area is 48.5 Å². The van der Waals surface area contributed by atoms with E-state index in [0.29, 0.717) is 12.6 Å². The minimum atomic E-state index is -0.512. The average molecular weight is 115 g/mol. The van der Waals surface area contributed by atoms with Crippen molar-refractivity contribution < 1.29 is 4.39 Å². The maximum absolute atomic E-state index is 12.4. The van der Waals surface area contributed by atoms with Crippen LogP contribution in [-0.4, -0.2) is 30.2 Å². The summed E-state index contributed by atoms with van der Waals surface area (Å²) in [5.41, 5.74) is 0. The van der Waals surface area contributed by atoms with Crippen LogP contribution in [0.4, 0.5) is 4.39 Å². The molecule has 2 aliphatic heterocycles. The van der Waals surface area contributed by atoms with E-state index in [1.165, 1.54) is 6.42 Å². The normalized spacial score (nSPS) is 46.1. The number of fused-ring (bicyclic) bond motifs is 1. The summed E-state index contributed by atoms with van der Waals surface area (Å²) in [6.45, 7) is 1.86. The first-order valence-corrected chi connectivity index (χ1v) is 3.24. The van der Waals surface area contributed by atoms with Crippen molar-refractivity contribution in [2.24, 2.45) is 0 Å². The van der Waals surface area contributed by atoms with E-state index < -0.39 is 6.17 Å². The van der Waals surface area contributed by atoms with E-state index >= 15 is 0 Å². The summed E-state index contributed by atoms with van der Waals surface area (Å²) in [5.74, 6) is 0. The van der Waals surface area contributed by atoms with Crippen LogP contribution in [0.1, 0.15) is 12.8 Å². The molecule has 1 nitrogen and oxygen atoms in total. The lowest BCUT2D eigenvalue weighted by atomic mass is 10.1. The lowest BCUT2D eigenvalue weighted by Crippen LogP contribution is -2.42. The van der Waals surface area contributed by atoms with Crippen molar-refractivity contribution in [2.45, 2.75) is 25.1 Å². The number of hydrogen-bond donors (Lipinski definition) is 0. The van der Waals surface area contributed by atoms with Gasteiger partial charge in [0, 0.05) is 19.1 Å². The third kappa shape index (κ3) is 0.494. The van der Waals surface area contributed by atoms with E-state index in [2.05, 4.69) is 4.90 Å². The van der Waals surface area contributed by atoms with Gasteiger partial charge in [0.2, 0.25) is 0 Å². The second-order valence-corrected chi connectivity index (χ2v) is 2.77. The van der Waals surface area contributed by atoms with Crippen molar-refractivity contribution >= 4 is 0 Å². The fraction of sp³-hybridized carbons (Fsp3) is 1.00. The van der Waals surface area contributed by atoms with Crippen LogP contribution in [0.15, 0.2) is 0 Å². The molecule has 2 atom stereocenters. The SMILES string of the molecule is F[C@@H]1CC2CCN2C1. The van der Waals surface area contributed by atoms with Gasteiger partial charge >= 0.3 is 0 Å². The molecule has 2 heteroatoms. The largest absolute Gasteiger partial charge is 0.297 e. The first-order chi connectivity index (χ1) is 3.86. The second kappa shape index (κ2) is 1.44. The minimum Gasteiger partial charge on any atom is -0.297 e. The molecule has 0 spiro atoms. The van der Waals surface area contributed by atoms with Gasteiger partial charge < -0.3 is 0 Å². The smallest absolute Gasteiger partial charge is 0.114 e. The molecule has 0 bridgehead atoms. The number of hydrogen-bond acceptors (Lipinski definition) is 1. The zero-order valence-electron chi connectivity index (χ0n) is 4.81. The molecule has 2 fully saturated rings. The zero-order valence-corrected chi connectivity index (χ0v) is 4.81. The number of alkyl halides is 1. The second-order valence-electron chi connectivity index (χ2n) is 2.77. The molecule has 2 aliphatic rings. The molecule has 2 rings (SSSR count). The van der Waals surface area contributed by atoms with Crippen molar-refractivity contribution in [2.75, 3.05) is 13.1 Å². The molecule has 0 radical (unpaired) electrons. The van der Waals surface area contributed by atoms with Crippen molar-refractivity contribution in [3.05, 3.63) is 0 Å². The summed E-state index contributed by atoms with van der Waals surface area (Å²) in [4.78, 5) is 2.23. The van der Waals surface area contributed by atoms with Gasteiger partial charge in [-0.15, -0.1) is 0 Å². The van der Waals surface area contributed by atoms with Crippen LogP contribution in [0.25, 0.3) is 0 Å². The number of rotatable bonds is 0. The zero-order chi connectivity index (χ0) is 5.56. The summed E-state index contributed by atoms with van der Waals surface area (Å²) < 4.78 is 12.4. The highest BCUT2D eigenvalue weighted by molar-refractivity contribution is 4.92. The molecule has 0 saturated carbocycles. The Kier molecular flexibility index (Phi) is 0.852. The van der Waals surface area contributed by atoms with Crippen molar-refractivity contribution in [3.8, 4) is 0 Å². The Balaban J connectivity index is 2.00. The number of nitrogens with zero attached hydrogens (tertiary/aromatic N) is 1.